The third-order valence-electron chi connectivity index (χ3n) is 2.95. The molecule has 1 heterocycles. The summed E-state index contributed by atoms with van der Waals surface area (Å²) in [7, 11) is 1.70. The lowest BCUT2D eigenvalue weighted by Gasteiger charge is -2.12. The van der Waals surface area contributed by atoms with Crippen LogP contribution in [0.3, 0.4) is 0 Å². The van der Waals surface area contributed by atoms with Crippen molar-refractivity contribution in [3.8, 4) is 5.75 Å². The summed E-state index contributed by atoms with van der Waals surface area (Å²) in [6.07, 6.45) is 3.91. The highest BCUT2D eigenvalue weighted by Gasteiger charge is 2.05. The fourth-order valence-corrected chi connectivity index (χ4v) is 1.85. The van der Waals surface area contributed by atoms with E-state index in [1.54, 1.807) is 7.11 Å². The maximum absolute atomic E-state index is 5.82. The first-order valence-electron chi connectivity index (χ1n) is 7.63. The summed E-state index contributed by atoms with van der Waals surface area (Å²) in [4.78, 5) is 4.33. The number of rotatable bonds is 12. The molecule has 0 aromatic carbocycles. The molecular weight excluding hydrogens is 268 g/mol. The fourth-order valence-electron chi connectivity index (χ4n) is 1.85. The van der Waals surface area contributed by atoms with Crippen molar-refractivity contribution in [3.05, 3.63) is 23.5 Å². The zero-order valence-electron chi connectivity index (χ0n) is 13.5. The van der Waals surface area contributed by atoms with Crippen molar-refractivity contribution in [1.82, 2.24) is 10.3 Å². The Hall–Kier alpha value is -1.17. The lowest BCUT2D eigenvalue weighted by Crippen LogP contribution is -2.16. The molecule has 0 spiro atoms. The number of nitrogens with one attached hydrogen (secondary N) is 1. The first-order chi connectivity index (χ1) is 10.3. The number of nitrogens with zero attached hydrogens (tertiary/aromatic N) is 1. The average molecular weight is 296 g/mol. The van der Waals surface area contributed by atoms with Crippen molar-refractivity contribution in [3.63, 3.8) is 0 Å². The van der Waals surface area contributed by atoms with E-state index < -0.39 is 0 Å². The van der Waals surface area contributed by atoms with E-state index in [0.29, 0.717) is 19.8 Å². The van der Waals surface area contributed by atoms with Gasteiger partial charge in [-0.25, -0.2) is 0 Å². The number of hydrogen-bond donors (Lipinski definition) is 1. The van der Waals surface area contributed by atoms with Crippen LogP contribution in [0.5, 0.6) is 5.75 Å². The summed E-state index contributed by atoms with van der Waals surface area (Å²) in [5.74, 6) is 0.895. The highest BCUT2D eigenvalue weighted by Crippen LogP contribution is 2.18. The summed E-state index contributed by atoms with van der Waals surface area (Å²) >= 11 is 0. The van der Waals surface area contributed by atoms with Crippen LogP contribution in [0.1, 0.15) is 31.0 Å². The number of aromatic nitrogens is 1. The molecule has 0 radical (unpaired) electrons. The van der Waals surface area contributed by atoms with Crippen molar-refractivity contribution < 1.29 is 14.2 Å². The average Bonchev–Trinajstić information content (AvgIpc) is 2.48. The Morgan fingerprint density at radius 3 is 2.81 bits per heavy atom. The second kappa shape index (κ2) is 11.5. The molecule has 0 bridgehead atoms. The molecule has 0 unspecified atom stereocenters. The highest BCUT2D eigenvalue weighted by molar-refractivity contribution is 5.32. The summed E-state index contributed by atoms with van der Waals surface area (Å²) < 4.78 is 16.3. The molecule has 0 saturated carbocycles. The molecular formula is C16H28N2O3. The Morgan fingerprint density at radius 2 is 2.05 bits per heavy atom. The van der Waals surface area contributed by atoms with Crippen molar-refractivity contribution in [2.24, 2.45) is 0 Å². The molecule has 0 aliphatic heterocycles. The minimum absolute atomic E-state index is 0.553. The molecule has 0 aliphatic carbocycles. The van der Waals surface area contributed by atoms with Crippen LogP contribution in [-0.4, -0.2) is 45.1 Å². The minimum Gasteiger partial charge on any atom is -0.491 e. The molecule has 5 heteroatoms. The van der Waals surface area contributed by atoms with Crippen LogP contribution >= 0.6 is 0 Å². The van der Waals surface area contributed by atoms with Gasteiger partial charge >= 0.3 is 0 Å². The standard InChI is InChI=1S/C16H28N2O3/c1-4-6-17-12-15-13-18-14(2)11-16(15)21-10-9-20-8-5-7-19-3/h11,13,17H,4-10,12H2,1-3H3. The Kier molecular flexibility index (Phi) is 9.78. The topological polar surface area (TPSA) is 52.6 Å². The molecule has 0 fully saturated rings. The molecule has 1 N–H and O–H groups in total. The van der Waals surface area contributed by atoms with Gasteiger partial charge in [-0.2, -0.15) is 0 Å². The maximum Gasteiger partial charge on any atom is 0.127 e. The van der Waals surface area contributed by atoms with Crippen LogP contribution < -0.4 is 10.1 Å². The Morgan fingerprint density at radius 1 is 1.19 bits per heavy atom. The van der Waals surface area contributed by atoms with Gasteiger partial charge in [0.05, 0.1) is 6.61 Å². The zero-order valence-corrected chi connectivity index (χ0v) is 13.5. The second-order valence-corrected chi connectivity index (χ2v) is 4.92. The van der Waals surface area contributed by atoms with Crippen molar-refractivity contribution in [2.75, 3.05) is 40.1 Å². The summed E-state index contributed by atoms with van der Waals surface area (Å²) in [6, 6.07) is 1.98. The lowest BCUT2D eigenvalue weighted by atomic mass is 10.2. The van der Waals surface area contributed by atoms with Crippen LogP contribution in [0.15, 0.2) is 12.3 Å². The Bertz CT molecular complexity index is 386. The van der Waals surface area contributed by atoms with Gasteiger partial charge in [-0.3, -0.25) is 4.98 Å². The van der Waals surface area contributed by atoms with Gasteiger partial charge in [-0.1, -0.05) is 6.92 Å². The van der Waals surface area contributed by atoms with E-state index in [4.69, 9.17) is 14.2 Å². The predicted molar refractivity (Wildman–Crippen MR) is 83.8 cm³/mol. The van der Waals surface area contributed by atoms with Crippen molar-refractivity contribution >= 4 is 0 Å². The molecule has 5 nitrogen and oxygen atoms in total. The van der Waals surface area contributed by atoms with Crippen LogP contribution in [-0.2, 0) is 16.0 Å². The molecule has 0 atom stereocenters. The number of methoxy groups -OCH3 is 1. The van der Waals surface area contributed by atoms with Crippen LogP contribution in [0.25, 0.3) is 0 Å². The van der Waals surface area contributed by atoms with Gasteiger partial charge in [-0.15, -0.1) is 0 Å². The minimum atomic E-state index is 0.553. The number of aryl methyl sites for hydroxylation is 1. The molecule has 0 aliphatic rings. The highest BCUT2D eigenvalue weighted by atomic mass is 16.5. The molecule has 1 aromatic rings. The van der Waals surface area contributed by atoms with Gasteiger partial charge in [0.15, 0.2) is 0 Å². The maximum atomic E-state index is 5.82. The van der Waals surface area contributed by atoms with E-state index in [9.17, 15) is 0 Å². The predicted octanol–water partition coefficient (Wildman–Crippen LogP) is 2.32. The SMILES string of the molecule is CCCNCc1cnc(C)cc1OCCOCCCOC. The van der Waals surface area contributed by atoms with Crippen molar-refractivity contribution in [1.29, 1.82) is 0 Å². The second-order valence-electron chi connectivity index (χ2n) is 4.92. The van der Waals surface area contributed by atoms with E-state index in [2.05, 4.69) is 17.2 Å². The van der Waals surface area contributed by atoms with E-state index in [-0.39, 0.29) is 0 Å². The number of hydrogen-bond acceptors (Lipinski definition) is 5. The van der Waals surface area contributed by atoms with Gasteiger partial charge in [0, 0.05) is 50.4 Å². The van der Waals surface area contributed by atoms with Gasteiger partial charge < -0.3 is 19.5 Å². The van der Waals surface area contributed by atoms with Gasteiger partial charge in [0.1, 0.15) is 12.4 Å². The van der Waals surface area contributed by atoms with Gasteiger partial charge in [0.2, 0.25) is 0 Å². The quantitative estimate of drug-likeness (QED) is 0.600. The summed E-state index contributed by atoms with van der Waals surface area (Å²) in [5, 5.41) is 3.37. The third-order valence-corrected chi connectivity index (χ3v) is 2.95. The van der Waals surface area contributed by atoms with Crippen LogP contribution in [0.4, 0.5) is 0 Å². The number of pyridine rings is 1. The number of ether oxygens (including phenoxy) is 3. The van der Waals surface area contributed by atoms with E-state index >= 15 is 0 Å². The van der Waals surface area contributed by atoms with E-state index in [1.165, 1.54) is 0 Å². The zero-order chi connectivity index (χ0) is 15.3. The molecule has 1 aromatic heterocycles. The van der Waals surface area contributed by atoms with E-state index in [1.807, 2.05) is 19.2 Å². The summed E-state index contributed by atoms with van der Waals surface area (Å²) in [5.41, 5.74) is 2.05. The van der Waals surface area contributed by atoms with Crippen molar-refractivity contribution in [2.45, 2.75) is 33.2 Å². The van der Waals surface area contributed by atoms with Crippen LogP contribution in [0, 0.1) is 6.92 Å². The largest absolute Gasteiger partial charge is 0.491 e. The van der Waals surface area contributed by atoms with E-state index in [0.717, 1.165) is 49.5 Å². The third kappa shape index (κ3) is 7.99. The normalized spacial score (nSPS) is 10.8. The molecule has 1 rings (SSSR count). The fraction of sp³-hybridized carbons (Fsp3) is 0.688. The molecule has 0 amide bonds. The molecule has 120 valence electrons. The first kappa shape index (κ1) is 17.9. The monoisotopic (exact) mass is 296 g/mol. The van der Waals surface area contributed by atoms with Crippen LogP contribution in [0.2, 0.25) is 0 Å². The van der Waals surface area contributed by atoms with Gasteiger partial charge in [-0.05, 0) is 26.3 Å². The Labute approximate surface area is 128 Å². The summed E-state index contributed by atoms with van der Waals surface area (Å²) in [6.45, 7) is 8.48. The Balaban J connectivity index is 2.32. The smallest absolute Gasteiger partial charge is 0.127 e. The van der Waals surface area contributed by atoms with Gasteiger partial charge in [0.25, 0.3) is 0 Å². The first-order valence-corrected chi connectivity index (χ1v) is 7.63. The molecule has 0 saturated heterocycles. The molecule has 21 heavy (non-hydrogen) atoms. The lowest BCUT2D eigenvalue weighted by molar-refractivity contribution is 0.0803.